The van der Waals surface area contributed by atoms with Gasteiger partial charge in [-0.15, -0.1) is 12.4 Å². The van der Waals surface area contributed by atoms with Gasteiger partial charge in [0.1, 0.15) is 5.75 Å². The van der Waals surface area contributed by atoms with Crippen molar-refractivity contribution in [1.82, 2.24) is 10.0 Å². The molecule has 0 heterocycles. The molecule has 0 saturated carbocycles. The van der Waals surface area contributed by atoms with Gasteiger partial charge in [0.25, 0.3) is 0 Å². The van der Waals surface area contributed by atoms with Gasteiger partial charge in [-0.3, -0.25) is 0 Å². The lowest BCUT2D eigenvalue weighted by Crippen LogP contribution is -2.32. The molecule has 8 heteroatoms. The molecule has 0 fully saturated rings. The van der Waals surface area contributed by atoms with E-state index in [4.69, 9.17) is 4.74 Å². The maximum absolute atomic E-state index is 12.1. The highest BCUT2D eigenvalue weighted by Crippen LogP contribution is 2.26. The minimum Gasteiger partial charge on any atom is -0.497 e. The lowest BCUT2D eigenvalue weighted by Gasteiger charge is -2.10. The van der Waals surface area contributed by atoms with Crippen LogP contribution in [0.1, 0.15) is 13.3 Å². The highest BCUT2D eigenvalue weighted by molar-refractivity contribution is 9.10. The average Bonchev–Trinajstić information content (AvgIpc) is 2.37. The summed E-state index contributed by atoms with van der Waals surface area (Å²) in [6, 6.07) is 4.77. The molecule has 2 N–H and O–H groups in total. The van der Waals surface area contributed by atoms with Crippen LogP contribution in [0.15, 0.2) is 27.6 Å². The molecular formula is C12H20BrClN2O3S. The number of benzene rings is 1. The molecule has 0 aliphatic heterocycles. The molecule has 0 unspecified atom stereocenters. The summed E-state index contributed by atoms with van der Waals surface area (Å²) in [5, 5.41) is 3.13. The Labute approximate surface area is 135 Å². The van der Waals surface area contributed by atoms with Gasteiger partial charge in [0, 0.05) is 17.6 Å². The zero-order valence-corrected chi connectivity index (χ0v) is 14.7. The highest BCUT2D eigenvalue weighted by Gasteiger charge is 2.17. The zero-order chi connectivity index (χ0) is 14.3. The van der Waals surface area contributed by atoms with Gasteiger partial charge < -0.3 is 10.1 Å². The molecule has 20 heavy (non-hydrogen) atoms. The molecule has 0 saturated heterocycles. The van der Waals surface area contributed by atoms with Gasteiger partial charge in [0.2, 0.25) is 10.0 Å². The lowest BCUT2D eigenvalue weighted by atomic mass is 10.3. The van der Waals surface area contributed by atoms with E-state index >= 15 is 0 Å². The number of ether oxygens (including phenoxy) is 1. The first-order valence-corrected chi connectivity index (χ1v) is 8.32. The van der Waals surface area contributed by atoms with Crippen molar-refractivity contribution in [3.8, 4) is 5.75 Å². The van der Waals surface area contributed by atoms with Gasteiger partial charge in [0.05, 0.1) is 12.0 Å². The Morgan fingerprint density at radius 2 is 1.95 bits per heavy atom. The molecule has 5 nitrogen and oxygen atoms in total. The second kappa shape index (κ2) is 9.57. The fourth-order valence-electron chi connectivity index (χ4n) is 1.48. The quantitative estimate of drug-likeness (QED) is 0.671. The van der Waals surface area contributed by atoms with E-state index in [9.17, 15) is 8.42 Å². The predicted octanol–water partition coefficient (Wildman–Crippen LogP) is 2.16. The van der Waals surface area contributed by atoms with Crippen LogP contribution >= 0.6 is 28.3 Å². The van der Waals surface area contributed by atoms with Crippen molar-refractivity contribution in [2.45, 2.75) is 18.2 Å². The minimum atomic E-state index is -3.50. The largest absolute Gasteiger partial charge is 0.497 e. The summed E-state index contributed by atoms with van der Waals surface area (Å²) in [6.45, 7) is 3.92. The molecule has 0 bridgehead atoms. The van der Waals surface area contributed by atoms with E-state index in [0.29, 0.717) is 23.3 Å². The predicted molar refractivity (Wildman–Crippen MR) is 86.3 cm³/mol. The Hall–Kier alpha value is -0.340. The molecule has 1 aromatic rings. The monoisotopic (exact) mass is 386 g/mol. The standard InChI is InChI=1S/C12H19BrN2O3S.ClH/c1-3-6-14-7-8-15-19(16,17)12-5-4-10(18-2)9-11(12)13;/h4-5,9,14-15H,3,6-8H2,1-2H3;1H. The highest BCUT2D eigenvalue weighted by atomic mass is 79.9. The SMILES string of the molecule is CCCNCCNS(=O)(=O)c1ccc(OC)cc1Br.Cl. The van der Waals surface area contributed by atoms with Crippen molar-refractivity contribution >= 4 is 38.4 Å². The van der Waals surface area contributed by atoms with E-state index < -0.39 is 10.0 Å². The van der Waals surface area contributed by atoms with Crippen molar-refractivity contribution in [3.63, 3.8) is 0 Å². The number of rotatable bonds is 8. The Morgan fingerprint density at radius 3 is 2.50 bits per heavy atom. The average molecular weight is 388 g/mol. The van der Waals surface area contributed by atoms with Crippen molar-refractivity contribution in [2.24, 2.45) is 0 Å². The van der Waals surface area contributed by atoms with Gasteiger partial charge in [-0.1, -0.05) is 6.92 Å². The van der Waals surface area contributed by atoms with Crippen LogP contribution in [-0.2, 0) is 10.0 Å². The molecule has 1 aromatic carbocycles. The maximum atomic E-state index is 12.1. The van der Waals surface area contributed by atoms with Crippen molar-refractivity contribution < 1.29 is 13.2 Å². The van der Waals surface area contributed by atoms with E-state index in [1.165, 1.54) is 13.2 Å². The molecule has 0 aromatic heterocycles. The molecule has 0 aliphatic carbocycles. The van der Waals surface area contributed by atoms with Crippen LogP contribution in [0.5, 0.6) is 5.75 Å². The van der Waals surface area contributed by atoms with Gasteiger partial charge in [-0.05, 0) is 47.1 Å². The number of nitrogens with one attached hydrogen (secondary N) is 2. The van der Waals surface area contributed by atoms with E-state index in [1.54, 1.807) is 12.1 Å². The lowest BCUT2D eigenvalue weighted by molar-refractivity contribution is 0.414. The number of hydrogen-bond acceptors (Lipinski definition) is 4. The Morgan fingerprint density at radius 1 is 1.25 bits per heavy atom. The summed E-state index contributed by atoms with van der Waals surface area (Å²) in [5.41, 5.74) is 0. The fraction of sp³-hybridized carbons (Fsp3) is 0.500. The van der Waals surface area contributed by atoms with Crippen LogP contribution in [-0.4, -0.2) is 35.2 Å². The summed E-state index contributed by atoms with van der Waals surface area (Å²) < 4.78 is 32.2. The second-order valence-electron chi connectivity index (χ2n) is 3.94. The third-order valence-corrected chi connectivity index (χ3v) is 4.89. The Balaban J connectivity index is 0.00000361. The van der Waals surface area contributed by atoms with Crippen molar-refractivity contribution in [1.29, 1.82) is 0 Å². The maximum Gasteiger partial charge on any atom is 0.241 e. The molecule has 0 radical (unpaired) electrons. The van der Waals surface area contributed by atoms with Crippen LogP contribution in [0, 0.1) is 0 Å². The molecule has 0 spiro atoms. The van der Waals surface area contributed by atoms with E-state index in [0.717, 1.165) is 13.0 Å². The van der Waals surface area contributed by atoms with Gasteiger partial charge >= 0.3 is 0 Å². The summed E-state index contributed by atoms with van der Waals surface area (Å²) in [7, 11) is -1.96. The van der Waals surface area contributed by atoms with E-state index in [1.807, 2.05) is 0 Å². The zero-order valence-electron chi connectivity index (χ0n) is 11.5. The second-order valence-corrected chi connectivity index (χ2v) is 6.53. The fourth-order valence-corrected chi connectivity index (χ4v) is 3.57. The van der Waals surface area contributed by atoms with Gasteiger partial charge in [-0.2, -0.15) is 0 Å². The summed E-state index contributed by atoms with van der Waals surface area (Å²) in [6.07, 6.45) is 1.02. The third kappa shape index (κ3) is 5.97. The first-order chi connectivity index (χ1) is 9.01. The van der Waals surface area contributed by atoms with Gasteiger partial charge in [-0.25, -0.2) is 13.1 Å². The van der Waals surface area contributed by atoms with E-state index in [-0.39, 0.29) is 17.3 Å². The summed E-state index contributed by atoms with van der Waals surface area (Å²) >= 11 is 3.24. The van der Waals surface area contributed by atoms with Crippen molar-refractivity contribution in [3.05, 3.63) is 22.7 Å². The summed E-state index contributed by atoms with van der Waals surface area (Å²) in [5.74, 6) is 0.607. The molecule has 116 valence electrons. The molecular weight excluding hydrogens is 368 g/mol. The first kappa shape index (κ1) is 19.7. The number of methoxy groups -OCH3 is 1. The van der Waals surface area contributed by atoms with Crippen LogP contribution < -0.4 is 14.8 Å². The molecule has 1 rings (SSSR count). The van der Waals surface area contributed by atoms with Crippen LogP contribution in [0.2, 0.25) is 0 Å². The Bertz CT molecular complexity index is 511. The number of hydrogen-bond donors (Lipinski definition) is 2. The third-order valence-electron chi connectivity index (χ3n) is 2.45. The van der Waals surface area contributed by atoms with E-state index in [2.05, 4.69) is 32.9 Å². The smallest absolute Gasteiger partial charge is 0.241 e. The van der Waals surface area contributed by atoms with Crippen LogP contribution in [0.4, 0.5) is 0 Å². The minimum absolute atomic E-state index is 0. The van der Waals surface area contributed by atoms with Crippen molar-refractivity contribution in [2.75, 3.05) is 26.7 Å². The molecule has 0 aliphatic rings. The summed E-state index contributed by atoms with van der Waals surface area (Å²) in [4.78, 5) is 0.212. The first-order valence-electron chi connectivity index (χ1n) is 6.05. The topological polar surface area (TPSA) is 67.4 Å². The van der Waals surface area contributed by atoms with Crippen LogP contribution in [0.25, 0.3) is 0 Å². The Kier molecular flexibility index (Phi) is 9.41. The number of sulfonamides is 1. The normalized spacial score (nSPS) is 10.9. The van der Waals surface area contributed by atoms with Gasteiger partial charge in [0.15, 0.2) is 0 Å². The van der Waals surface area contributed by atoms with Crippen LogP contribution in [0.3, 0.4) is 0 Å². The molecule has 0 amide bonds. The number of halogens is 2. The molecule has 0 atom stereocenters.